The molecule has 0 radical (unpaired) electrons. The van der Waals surface area contributed by atoms with Gasteiger partial charge in [-0.3, -0.25) is 0 Å². The maximum Gasteiger partial charge on any atom is 0.148 e. The second kappa shape index (κ2) is 5.75. The van der Waals surface area contributed by atoms with Gasteiger partial charge in [-0.05, 0) is 23.8 Å². The summed E-state index contributed by atoms with van der Waals surface area (Å²) in [5.41, 5.74) is 0.842. The van der Waals surface area contributed by atoms with Crippen molar-refractivity contribution >= 4 is 17.7 Å². The maximum atomic E-state index is 8.35. The first-order valence-electron chi connectivity index (χ1n) is 4.20. The molecule has 0 N–H and O–H groups in total. The normalized spacial score (nSPS) is 9.53. The van der Waals surface area contributed by atoms with Crippen molar-refractivity contribution in [3.8, 4) is 24.2 Å². The highest BCUT2D eigenvalue weighted by atomic mass is 35.5. The van der Waals surface area contributed by atoms with Crippen LogP contribution in [0, 0.1) is 23.7 Å². The molecule has 0 aliphatic rings. The van der Waals surface area contributed by atoms with Crippen LogP contribution in [0.4, 0.5) is 0 Å². The zero-order chi connectivity index (χ0) is 11.1. The van der Waals surface area contributed by atoms with E-state index in [-0.39, 0.29) is 6.61 Å². The summed E-state index contributed by atoms with van der Waals surface area (Å²) in [5.74, 6) is 2.90. The van der Waals surface area contributed by atoms with Crippen molar-refractivity contribution in [1.29, 1.82) is 5.26 Å². The van der Waals surface area contributed by atoms with Crippen LogP contribution in [0.2, 0.25) is 5.02 Å². The smallest absolute Gasteiger partial charge is 0.148 e. The first-order chi connectivity index (χ1) is 7.27. The Labute approximate surface area is 93.7 Å². The third-order valence-electron chi connectivity index (χ3n) is 1.62. The topological polar surface area (TPSA) is 33.0 Å². The molecule has 0 saturated heterocycles. The molecule has 0 bridgehead atoms. The Morgan fingerprint density at radius 1 is 1.53 bits per heavy atom. The van der Waals surface area contributed by atoms with E-state index in [0.717, 1.165) is 5.56 Å². The van der Waals surface area contributed by atoms with Crippen LogP contribution >= 0.6 is 11.6 Å². The molecule has 0 aliphatic carbocycles. The van der Waals surface area contributed by atoms with Crippen molar-refractivity contribution in [2.45, 2.75) is 0 Å². The molecule has 0 fully saturated rings. The fraction of sp³-hybridized carbons (Fsp3) is 0.0833. The molecule has 1 rings (SSSR count). The van der Waals surface area contributed by atoms with Crippen LogP contribution < -0.4 is 4.74 Å². The Kier molecular flexibility index (Phi) is 4.29. The third-order valence-corrected chi connectivity index (χ3v) is 1.91. The lowest BCUT2D eigenvalue weighted by Crippen LogP contribution is -1.93. The predicted octanol–water partition coefficient (Wildman–Crippen LogP) is 2.89. The molecular formula is C12H8ClNO. The molecule has 1 aromatic carbocycles. The molecule has 0 heterocycles. The van der Waals surface area contributed by atoms with Crippen LogP contribution in [0.3, 0.4) is 0 Å². The molecule has 2 nitrogen and oxygen atoms in total. The van der Waals surface area contributed by atoms with Gasteiger partial charge >= 0.3 is 0 Å². The van der Waals surface area contributed by atoms with Crippen LogP contribution in [-0.4, -0.2) is 6.61 Å². The van der Waals surface area contributed by atoms with Crippen molar-refractivity contribution in [3.63, 3.8) is 0 Å². The molecule has 3 heteroatoms. The summed E-state index contributed by atoms with van der Waals surface area (Å²) in [7, 11) is 0. The van der Waals surface area contributed by atoms with E-state index in [2.05, 4.69) is 5.92 Å². The van der Waals surface area contributed by atoms with E-state index in [1.54, 1.807) is 24.3 Å². The SMILES string of the molecule is C#CCOc1ccc(/C=C/C#N)cc1Cl. The minimum atomic E-state index is 0.188. The Balaban J connectivity index is 2.85. The van der Waals surface area contributed by atoms with Gasteiger partial charge in [-0.15, -0.1) is 6.42 Å². The number of ether oxygens (including phenoxy) is 1. The van der Waals surface area contributed by atoms with Crippen LogP contribution in [0.1, 0.15) is 5.56 Å². The van der Waals surface area contributed by atoms with Gasteiger partial charge in [-0.25, -0.2) is 0 Å². The summed E-state index contributed by atoms with van der Waals surface area (Å²) in [6.07, 6.45) is 8.10. The van der Waals surface area contributed by atoms with Gasteiger partial charge in [-0.2, -0.15) is 5.26 Å². The predicted molar refractivity (Wildman–Crippen MR) is 60.4 cm³/mol. The molecule has 0 aromatic heterocycles. The van der Waals surface area contributed by atoms with Crippen LogP contribution in [0.5, 0.6) is 5.75 Å². The Morgan fingerprint density at radius 3 is 2.93 bits per heavy atom. The number of benzene rings is 1. The van der Waals surface area contributed by atoms with Gasteiger partial charge in [0, 0.05) is 6.08 Å². The largest absolute Gasteiger partial charge is 0.479 e. The Bertz CT molecular complexity index is 452. The number of terminal acetylenes is 1. The molecule has 0 unspecified atom stereocenters. The molecule has 0 aliphatic heterocycles. The second-order valence-corrected chi connectivity index (χ2v) is 3.05. The lowest BCUT2D eigenvalue weighted by Gasteiger charge is -2.04. The monoisotopic (exact) mass is 217 g/mol. The van der Waals surface area contributed by atoms with E-state index < -0.39 is 0 Å². The van der Waals surface area contributed by atoms with Gasteiger partial charge in [-0.1, -0.05) is 23.6 Å². The second-order valence-electron chi connectivity index (χ2n) is 2.65. The molecule has 0 saturated carbocycles. The van der Waals surface area contributed by atoms with Gasteiger partial charge in [0.25, 0.3) is 0 Å². The first-order valence-corrected chi connectivity index (χ1v) is 4.57. The van der Waals surface area contributed by atoms with E-state index in [4.69, 9.17) is 28.0 Å². The average Bonchev–Trinajstić information content (AvgIpc) is 2.25. The minimum Gasteiger partial charge on any atom is -0.479 e. The van der Waals surface area contributed by atoms with Crippen molar-refractivity contribution in [2.24, 2.45) is 0 Å². The number of allylic oxidation sites excluding steroid dienone is 1. The maximum absolute atomic E-state index is 8.35. The van der Waals surface area contributed by atoms with Gasteiger partial charge < -0.3 is 4.74 Å². The first kappa shape index (κ1) is 11.2. The average molecular weight is 218 g/mol. The Hall–Kier alpha value is -1.90. The quantitative estimate of drug-likeness (QED) is 0.576. The standard InChI is InChI=1S/C12H8ClNO/c1-2-8-15-12-6-5-10(4-3-7-14)9-11(12)13/h1,3-6,9H,8H2/b4-3+. The number of hydrogen-bond acceptors (Lipinski definition) is 2. The van der Waals surface area contributed by atoms with E-state index in [1.807, 2.05) is 6.07 Å². The number of halogens is 1. The number of nitrogens with zero attached hydrogens (tertiary/aromatic N) is 1. The van der Waals surface area contributed by atoms with Crippen LogP contribution in [-0.2, 0) is 0 Å². The fourth-order valence-electron chi connectivity index (χ4n) is 0.991. The summed E-state index contributed by atoms with van der Waals surface area (Å²) >= 11 is 5.93. The molecular weight excluding hydrogens is 210 g/mol. The zero-order valence-electron chi connectivity index (χ0n) is 7.90. The highest BCUT2D eigenvalue weighted by molar-refractivity contribution is 6.32. The Morgan fingerprint density at radius 2 is 2.33 bits per heavy atom. The molecule has 0 amide bonds. The van der Waals surface area contributed by atoms with Crippen molar-refractivity contribution in [1.82, 2.24) is 0 Å². The molecule has 74 valence electrons. The number of rotatable bonds is 3. The molecule has 0 spiro atoms. The highest BCUT2D eigenvalue weighted by Crippen LogP contribution is 2.25. The zero-order valence-corrected chi connectivity index (χ0v) is 8.66. The van der Waals surface area contributed by atoms with Crippen LogP contribution in [0.15, 0.2) is 24.3 Å². The van der Waals surface area contributed by atoms with Crippen molar-refractivity contribution < 1.29 is 4.74 Å². The summed E-state index contributed by atoms with van der Waals surface area (Å²) in [4.78, 5) is 0. The van der Waals surface area contributed by atoms with Crippen molar-refractivity contribution in [2.75, 3.05) is 6.61 Å². The van der Waals surface area contributed by atoms with E-state index >= 15 is 0 Å². The summed E-state index contributed by atoms with van der Waals surface area (Å²) in [6, 6.07) is 7.13. The number of hydrogen-bond donors (Lipinski definition) is 0. The summed E-state index contributed by atoms with van der Waals surface area (Å²) in [6.45, 7) is 0.188. The van der Waals surface area contributed by atoms with Gasteiger partial charge in [0.15, 0.2) is 0 Å². The molecule has 0 atom stereocenters. The fourth-order valence-corrected chi connectivity index (χ4v) is 1.23. The lowest BCUT2D eigenvalue weighted by atomic mass is 10.2. The van der Waals surface area contributed by atoms with Crippen molar-refractivity contribution in [3.05, 3.63) is 34.9 Å². The van der Waals surface area contributed by atoms with E-state index in [1.165, 1.54) is 6.08 Å². The van der Waals surface area contributed by atoms with E-state index in [0.29, 0.717) is 10.8 Å². The minimum absolute atomic E-state index is 0.188. The number of nitriles is 1. The summed E-state index contributed by atoms with van der Waals surface area (Å²) in [5, 5.41) is 8.83. The van der Waals surface area contributed by atoms with Gasteiger partial charge in [0.2, 0.25) is 0 Å². The van der Waals surface area contributed by atoms with Gasteiger partial charge in [0.1, 0.15) is 12.4 Å². The summed E-state index contributed by atoms with van der Waals surface area (Å²) < 4.78 is 5.19. The highest BCUT2D eigenvalue weighted by Gasteiger charge is 2.00. The van der Waals surface area contributed by atoms with Crippen LogP contribution in [0.25, 0.3) is 6.08 Å². The van der Waals surface area contributed by atoms with Gasteiger partial charge in [0.05, 0.1) is 11.1 Å². The molecule has 1 aromatic rings. The third kappa shape index (κ3) is 3.38. The van der Waals surface area contributed by atoms with E-state index in [9.17, 15) is 0 Å². The molecule has 15 heavy (non-hydrogen) atoms. The lowest BCUT2D eigenvalue weighted by molar-refractivity contribution is 0.370.